The molecule has 2 unspecified atom stereocenters. The fourth-order valence-corrected chi connectivity index (χ4v) is 2.77. The Bertz CT molecular complexity index is 166. The van der Waals surface area contributed by atoms with Gasteiger partial charge in [0.05, 0.1) is 6.61 Å². The third-order valence-electron chi connectivity index (χ3n) is 3.49. The molecule has 0 amide bonds. The number of ether oxygens (including phenoxy) is 1. The lowest BCUT2D eigenvalue weighted by Gasteiger charge is -2.17. The first kappa shape index (κ1) is 14.3. The SMILES string of the molecule is CCCCOCCNCC1CCCC1CCl. The van der Waals surface area contributed by atoms with Crippen molar-refractivity contribution in [1.82, 2.24) is 5.32 Å². The van der Waals surface area contributed by atoms with Gasteiger partial charge in [-0.25, -0.2) is 0 Å². The summed E-state index contributed by atoms with van der Waals surface area (Å²) in [5, 5.41) is 3.48. The molecule has 0 saturated heterocycles. The molecule has 1 aliphatic rings. The van der Waals surface area contributed by atoms with Crippen molar-refractivity contribution in [2.24, 2.45) is 11.8 Å². The van der Waals surface area contributed by atoms with E-state index in [9.17, 15) is 0 Å². The zero-order valence-corrected chi connectivity index (χ0v) is 11.3. The highest BCUT2D eigenvalue weighted by Gasteiger charge is 2.25. The average molecular weight is 248 g/mol. The van der Waals surface area contributed by atoms with Crippen LogP contribution in [0.2, 0.25) is 0 Å². The molecule has 0 heterocycles. The van der Waals surface area contributed by atoms with Gasteiger partial charge in [0.1, 0.15) is 0 Å². The summed E-state index contributed by atoms with van der Waals surface area (Å²) in [6.45, 7) is 6.04. The van der Waals surface area contributed by atoms with Crippen molar-refractivity contribution in [3.8, 4) is 0 Å². The molecule has 96 valence electrons. The van der Waals surface area contributed by atoms with Crippen LogP contribution in [0.4, 0.5) is 0 Å². The third-order valence-corrected chi connectivity index (χ3v) is 3.88. The van der Waals surface area contributed by atoms with E-state index in [-0.39, 0.29) is 0 Å². The van der Waals surface area contributed by atoms with Gasteiger partial charge in [0.25, 0.3) is 0 Å². The van der Waals surface area contributed by atoms with Crippen molar-refractivity contribution in [3.05, 3.63) is 0 Å². The van der Waals surface area contributed by atoms with Crippen molar-refractivity contribution < 1.29 is 4.74 Å². The summed E-state index contributed by atoms with van der Waals surface area (Å²) in [6, 6.07) is 0. The van der Waals surface area contributed by atoms with Crippen LogP contribution < -0.4 is 5.32 Å². The van der Waals surface area contributed by atoms with Crippen LogP contribution in [0.5, 0.6) is 0 Å². The minimum Gasteiger partial charge on any atom is -0.380 e. The highest BCUT2D eigenvalue weighted by Crippen LogP contribution is 2.31. The van der Waals surface area contributed by atoms with Gasteiger partial charge in [0, 0.05) is 19.0 Å². The van der Waals surface area contributed by atoms with Crippen molar-refractivity contribution in [2.75, 3.05) is 32.2 Å². The molecule has 0 bridgehead atoms. The molecular weight excluding hydrogens is 222 g/mol. The van der Waals surface area contributed by atoms with Crippen LogP contribution in [0, 0.1) is 11.8 Å². The Balaban J connectivity index is 1.90. The predicted molar refractivity (Wildman–Crippen MR) is 70.1 cm³/mol. The van der Waals surface area contributed by atoms with Crippen molar-refractivity contribution >= 4 is 11.6 Å². The first-order valence-electron chi connectivity index (χ1n) is 6.73. The highest BCUT2D eigenvalue weighted by molar-refractivity contribution is 6.18. The minimum absolute atomic E-state index is 0.746. The Labute approximate surface area is 105 Å². The summed E-state index contributed by atoms with van der Waals surface area (Å²) < 4.78 is 5.50. The Morgan fingerprint density at radius 1 is 1.25 bits per heavy atom. The minimum atomic E-state index is 0.746. The predicted octanol–water partition coefficient (Wildman–Crippen LogP) is 3.05. The Morgan fingerprint density at radius 3 is 2.81 bits per heavy atom. The maximum atomic E-state index is 5.95. The van der Waals surface area contributed by atoms with Gasteiger partial charge in [-0.15, -0.1) is 11.6 Å². The standard InChI is InChI=1S/C13H26ClNO/c1-2-3-8-16-9-7-15-11-13-6-4-5-12(13)10-14/h12-13,15H,2-11H2,1H3. The highest BCUT2D eigenvalue weighted by atomic mass is 35.5. The summed E-state index contributed by atoms with van der Waals surface area (Å²) in [4.78, 5) is 0. The monoisotopic (exact) mass is 247 g/mol. The molecule has 0 spiro atoms. The Morgan fingerprint density at radius 2 is 2.06 bits per heavy atom. The van der Waals surface area contributed by atoms with Gasteiger partial charge in [-0.3, -0.25) is 0 Å². The molecule has 1 fully saturated rings. The molecule has 3 heteroatoms. The molecule has 2 nitrogen and oxygen atoms in total. The summed E-state index contributed by atoms with van der Waals surface area (Å²) in [6.07, 6.45) is 6.42. The normalized spacial score (nSPS) is 25.1. The van der Waals surface area contributed by atoms with Crippen LogP contribution in [-0.4, -0.2) is 32.2 Å². The van der Waals surface area contributed by atoms with E-state index in [1.807, 2.05) is 0 Å². The second kappa shape index (κ2) is 9.26. The molecule has 0 aliphatic heterocycles. The van der Waals surface area contributed by atoms with Gasteiger partial charge in [0.2, 0.25) is 0 Å². The molecule has 0 aromatic carbocycles. The van der Waals surface area contributed by atoms with E-state index in [4.69, 9.17) is 16.3 Å². The zero-order chi connectivity index (χ0) is 11.6. The van der Waals surface area contributed by atoms with E-state index in [2.05, 4.69) is 12.2 Å². The van der Waals surface area contributed by atoms with Crippen molar-refractivity contribution in [3.63, 3.8) is 0 Å². The maximum Gasteiger partial charge on any atom is 0.0590 e. The van der Waals surface area contributed by atoms with Gasteiger partial charge in [0.15, 0.2) is 0 Å². The molecule has 2 atom stereocenters. The summed E-state index contributed by atoms with van der Waals surface area (Å²) >= 11 is 5.95. The first-order valence-corrected chi connectivity index (χ1v) is 7.26. The van der Waals surface area contributed by atoms with E-state index >= 15 is 0 Å². The summed E-state index contributed by atoms with van der Waals surface area (Å²) in [5.41, 5.74) is 0. The quantitative estimate of drug-likeness (QED) is 0.500. The molecule has 16 heavy (non-hydrogen) atoms. The molecule has 1 N–H and O–H groups in total. The van der Waals surface area contributed by atoms with Crippen LogP contribution in [-0.2, 0) is 4.74 Å². The topological polar surface area (TPSA) is 21.3 Å². The van der Waals surface area contributed by atoms with Crippen LogP contribution in [0.3, 0.4) is 0 Å². The lowest BCUT2D eigenvalue weighted by molar-refractivity contribution is 0.132. The maximum absolute atomic E-state index is 5.95. The van der Waals surface area contributed by atoms with Crippen molar-refractivity contribution in [2.45, 2.75) is 39.0 Å². The number of alkyl halides is 1. The average Bonchev–Trinajstić information content (AvgIpc) is 2.75. The molecular formula is C13H26ClNO. The fraction of sp³-hybridized carbons (Fsp3) is 1.00. The van der Waals surface area contributed by atoms with Gasteiger partial charge >= 0.3 is 0 Å². The van der Waals surface area contributed by atoms with Gasteiger partial charge in [-0.2, -0.15) is 0 Å². The number of rotatable bonds is 9. The first-order chi connectivity index (χ1) is 7.88. The van der Waals surface area contributed by atoms with Crippen molar-refractivity contribution in [1.29, 1.82) is 0 Å². The number of unbranched alkanes of at least 4 members (excludes halogenated alkanes) is 1. The van der Waals surface area contributed by atoms with E-state index in [1.165, 1.54) is 32.1 Å². The molecule has 1 aliphatic carbocycles. The lowest BCUT2D eigenvalue weighted by Crippen LogP contribution is -2.28. The van der Waals surface area contributed by atoms with Crippen LogP contribution in [0.25, 0.3) is 0 Å². The van der Waals surface area contributed by atoms with Gasteiger partial charge < -0.3 is 10.1 Å². The van der Waals surface area contributed by atoms with Gasteiger partial charge in [-0.1, -0.05) is 19.8 Å². The lowest BCUT2D eigenvalue weighted by atomic mass is 9.98. The van der Waals surface area contributed by atoms with Crippen LogP contribution in [0.15, 0.2) is 0 Å². The fourth-order valence-electron chi connectivity index (χ4n) is 2.37. The van der Waals surface area contributed by atoms with E-state index in [1.54, 1.807) is 0 Å². The van der Waals surface area contributed by atoms with Crippen LogP contribution in [0.1, 0.15) is 39.0 Å². The van der Waals surface area contributed by atoms with E-state index in [0.717, 1.165) is 44.0 Å². The summed E-state index contributed by atoms with van der Waals surface area (Å²) in [5.74, 6) is 2.38. The number of halogens is 1. The second-order valence-corrected chi connectivity index (χ2v) is 5.08. The summed E-state index contributed by atoms with van der Waals surface area (Å²) in [7, 11) is 0. The zero-order valence-electron chi connectivity index (χ0n) is 10.5. The molecule has 1 rings (SSSR count). The van der Waals surface area contributed by atoms with Crippen LogP contribution >= 0.6 is 11.6 Å². The largest absolute Gasteiger partial charge is 0.380 e. The smallest absolute Gasteiger partial charge is 0.0590 e. The second-order valence-electron chi connectivity index (χ2n) is 4.78. The third kappa shape index (κ3) is 5.51. The Hall–Kier alpha value is 0.210. The van der Waals surface area contributed by atoms with Gasteiger partial charge in [-0.05, 0) is 37.6 Å². The molecule has 0 radical (unpaired) electrons. The van der Waals surface area contributed by atoms with E-state index < -0.39 is 0 Å². The Kier molecular flexibility index (Phi) is 8.26. The molecule has 0 aromatic heterocycles. The number of hydrogen-bond donors (Lipinski definition) is 1. The van der Waals surface area contributed by atoms with E-state index in [0.29, 0.717) is 0 Å². The molecule has 0 aromatic rings. The number of hydrogen-bond acceptors (Lipinski definition) is 2. The molecule has 1 saturated carbocycles. The number of nitrogens with one attached hydrogen (secondary N) is 1.